The number of hydrogen-bond donors (Lipinski definition) is 0. The van der Waals surface area contributed by atoms with Gasteiger partial charge in [-0.05, 0) is 51.4 Å². The molecule has 3 aromatic carbocycles. The van der Waals surface area contributed by atoms with Crippen molar-refractivity contribution in [1.29, 1.82) is 0 Å². The molecule has 0 radical (unpaired) electrons. The summed E-state index contributed by atoms with van der Waals surface area (Å²) in [5.74, 6) is 3.26. The number of hydrogen-bond acceptors (Lipinski definition) is 10. The highest BCUT2D eigenvalue weighted by Gasteiger charge is 2.28. The minimum Gasteiger partial charge on any atom is -0.493 e. The van der Waals surface area contributed by atoms with E-state index in [1.807, 2.05) is 19.1 Å². The van der Waals surface area contributed by atoms with Crippen molar-refractivity contribution < 1.29 is 33.2 Å². The van der Waals surface area contributed by atoms with Gasteiger partial charge in [-0.2, -0.15) is 0 Å². The van der Waals surface area contributed by atoms with Gasteiger partial charge in [0.1, 0.15) is 5.69 Å². The van der Waals surface area contributed by atoms with Crippen LogP contribution in [0.5, 0.6) is 34.5 Å². The maximum absolute atomic E-state index is 5.59. The first-order valence-corrected chi connectivity index (χ1v) is 12.6. The van der Waals surface area contributed by atoms with Crippen molar-refractivity contribution in [3.05, 3.63) is 48.0 Å². The topological polar surface area (TPSA) is 103 Å². The van der Waals surface area contributed by atoms with E-state index in [0.717, 1.165) is 15.8 Å². The summed E-state index contributed by atoms with van der Waals surface area (Å²) in [6, 6.07) is 13.3. The highest BCUT2D eigenvalue weighted by atomic mass is 32.1. The van der Waals surface area contributed by atoms with Crippen LogP contribution in [0.3, 0.4) is 0 Å². The summed E-state index contributed by atoms with van der Waals surface area (Å²) in [7, 11) is 9.36. The Bertz CT molecular complexity index is 1610. The normalized spacial score (nSPS) is 10.9. The van der Waals surface area contributed by atoms with Crippen LogP contribution in [-0.4, -0.2) is 62.6 Å². The van der Waals surface area contributed by atoms with E-state index in [1.165, 1.54) is 11.3 Å². The maximum Gasteiger partial charge on any atom is 0.365 e. The molecule has 5 rings (SSSR count). The molecule has 5 aromatic rings. The van der Waals surface area contributed by atoms with Crippen LogP contribution in [0.25, 0.3) is 32.4 Å². The van der Waals surface area contributed by atoms with Crippen molar-refractivity contribution in [2.45, 2.75) is 6.92 Å². The van der Waals surface area contributed by atoms with E-state index in [9.17, 15) is 0 Å². The summed E-state index contributed by atoms with van der Waals surface area (Å²) >= 11 is 1.50. The van der Waals surface area contributed by atoms with Crippen LogP contribution in [0.2, 0.25) is 0 Å². The minimum absolute atomic E-state index is 0.401. The number of benzene rings is 3. The van der Waals surface area contributed by atoms with E-state index < -0.39 is 0 Å². The van der Waals surface area contributed by atoms with E-state index in [1.54, 1.807) is 76.5 Å². The molecule has 0 atom stereocenters. The lowest BCUT2D eigenvalue weighted by Crippen LogP contribution is -2.43. The van der Waals surface area contributed by atoms with Gasteiger partial charge >= 0.3 is 5.13 Å². The number of thiazole rings is 1. The van der Waals surface area contributed by atoms with Crippen LogP contribution < -0.4 is 33.2 Å². The lowest BCUT2D eigenvalue weighted by atomic mass is 10.1. The first kappa shape index (κ1) is 26.0. The average molecular weight is 551 g/mol. The Morgan fingerprint density at radius 3 is 1.82 bits per heavy atom. The SMILES string of the molecule is COc1cc(-c2nn(-c3cc(OC)c(OC)c(OC)c3)[n+](-c3nc4ccc(C)cc4s3)n2)cc(OC)c1OC. The van der Waals surface area contributed by atoms with E-state index in [-0.39, 0.29) is 0 Å². The largest absolute Gasteiger partial charge is 0.493 e. The predicted octanol–water partition coefficient (Wildman–Crippen LogP) is 4.18. The highest BCUT2D eigenvalue weighted by molar-refractivity contribution is 7.20. The van der Waals surface area contributed by atoms with Gasteiger partial charge in [0.15, 0.2) is 28.5 Å². The van der Waals surface area contributed by atoms with E-state index in [2.05, 4.69) is 6.07 Å². The van der Waals surface area contributed by atoms with Crippen molar-refractivity contribution in [3.8, 4) is 56.7 Å². The molecule has 2 aromatic heterocycles. The number of nitrogens with zero attached hydrogens (tertiary/aromatic N) is 5. The summed E-state index contributed by atoms with van der Waals surface area (Å²) < 4.78 is 34.3. The quantitative estimate of drug-likeness (QED) is 0.250. The van der Waals surface area contributed by atoms with Gasteiger partial charge in [-0.3, -0.25) is 0 Å². The standard InChI is InChI=1S/C27H28N5O6S/c1-15-8-9-18-23(10-15)39-27(28-18)32-30-26(16-11-19(33-2)24(37-6)20(12-16)34-3)29-31(32)17-13-21(35-4)25(38-7)22(14-17)36-5/h8-14H,1-7H3/q+1. The van der Waals surface area contributed by atoms with E-state index >= 15 is 0 Å². The third-order valence-electron chi connectivity index (χ3n) is 6.07. The second kappa shape index (κ2) is 10.7. The van der Waals surface area contributed by atoms with Crippen LogP contribution in [0.4, 0.5) is 0 Å². The summed E-state index contributed by atoms with van der Waals surface area (Å²) in [6.07, 6.45) is 0. The van der Waals surface area contributed by atoms with E-state index in [0.29, 0.717) is 56.7 Å². The zero-order chi connectivity index (χ0) is 27.7. The Morgan fingerprint density at radius 1 is 0.718 bits per heavy atom. The number of tetrazole rings is 1. The molecule has 0 spiro atoms. The van der Waals surface area contributed by atoms with Gasteiger partial charge in [-0.1, -0.05) is 22.4 Å². The summed E-state index contributed by atoms with van der Waals surface area (Å²) in [6.45, 7) is 2.05. The van der Waals surface area contributed by atoms with Crippen molar-refractivity contribution in [2.75, 3.05) is 42.7 Å². The van der Waals surface area contributed by atoms with E-state index in [4.69, 9.17) is 43.6 Å². The zero-order valence-electron chi connectivity index (χ0n) is 22.6. The molecule has 0 saturated carbocycles. The molecule has 0 fully saturated rings. The monoisotopic (exact) mass is 550 g/mol. The van der Waals surface area contributed by atoms with Crippen molar-refractivity contribution >= 4 is 21.6 Å². The second-order valence-electron chi connectivity index (χ2n) is 8.37. The third-order valence-corrected chi connectivity index (χ3v) is 7.05. The Morgan fingerprint density at radius 2 is 1.28 bits per heavy atom. The van der Waals surface area contributed by atoms with Gasteiger partial charge in [0.05, 0.1) is 47.4 Å². The molecular formula is C27H28N5O6S+. The zero-order valence-corrected chi connectivity index (χ0v) is 23.5. The Kier molecular flexibility index (Phi) is 7.11. The number of ether oxygens (including phenoxy) is 6. The number of aromatic nitrogens is 5. The van der Waals surface area contributed by atoms with Crippen LogP contribution in [0, 0.1) is 6.92 Å². The van der Waals surface area contributed by atoms with Crippen LogP contribution in [0.1, 0.15) is 5.56 Å². The Labute approximate surface area is 229 Å². The van der Waals surface area contributed by atoms with Crippen molar-refractivity contribution in [1.82, 2.24) is 20.0 Å². The van der Waals surface area contributed by atoms with Crippen LogP contribution >= 0.6 is 11.3 Å². The minimum atomic E-state index is 0.401. The molecule has 12 heteroatoms. The summed E-state index contributed by atoms with van der Waals surface area (Å²) in [5.41, 5.74) is 3.28. The number of rotatable bonds is 9. The fourth-order valence-electron chi connectivity index (χ4n) is 4.19. The van der Waals surface area contributed by atoms with Gasteiger partial charge in [0.25, 0.3) is 5.82 Å². The maximum atomic E-state index is 5.59. The lowest BCUT2D eigenvalue weighted by molar-refractivity contribution is -0.734. The molecule has 0 N–H and O–H groups in total. The fraction of sp³-hybridized carbons (Fsp3) is 0.259. The Hall–Kier alpha value is -4.58. The van der Waals surface area contributed by atoms with Gasteiger partial charge in [0, 0.05) is 22.8 Å². The second-order valence-corrected chi connectivity index (χ2v) is 9.38. The first-order chi connectivity index (χ1) is 18.9. The van der Waals surface area contributed by atoms with Gasteiger partial charge in [-0.15, -0.1) is 0 Å². The molecule has 2 heterocycles. The third kappa shape index (κ3) is 4.63. The number of methoxy groups -OCH3 is 6. The molecular weight excluding hydrogens is 522 g/mol. The van der Waals surface area contributed by atoms with Crippen molar-refractivity contribution in [3.63, 3.8) is 0 Å². The molecule has 0 amide bonds. The molecule has 0 unspecified atom stereocenters. The first-order valence-electron chi connectivity index (χ1n) is 11.8. The average Bonchev–Trinajstić information content (AvgIpc) is 3.59. The summed E-state index contributed by atoms with van der Waals surface area (Å²) in [4.78, 5) is 8.10. The van der Waals surface area contributed by atoms with Gasteiger partial charge < -0.3 is 28.4 Å². The Balaban J connectivity index is 1.77. The molecule has 0 aliphatic heterocycles. The molecule has 202 valence electrons. The predicted molar refractivity (Wildman–Crippen MR) is 146 cm³/mol. The molecule has 11 nitrogen and oxygen atoms in total. The van der Waals surface area contributed by atoms with Crippen LogP contribution in [-0.2, 0) is 0 Å². The van der Waals surface area contributed by atoms with Gasteiger partial charge in [0.2, 0.25) is 11.5 Å². The lowest BCUT2D eigenvalue weighted by Gasteiger charge is -2.13. The van der Waals surface area contributed by atoms with Crippen molar-refractivity contribution in [2.24, 2.45) is 0 Å². The number of fused-ring (bicyclic) bond motifs is 1. The molecule has 39 heavy (non-hydrogen) atoms. The molecule has 0 bridgehead atoms. The molecule has 0 saturated heterocycles. The number of aryl methyl sites for hydroxylation is 1. The fourth-order valence-corrected chi connectivity index (χ4v) is 5.19. The summed E-state index contributed by atoms with van der Waals surface area (Å²) in [5, 5.41) is 10.3. The molecule has 0 aliphatic rings. The van der Waals surface area contributed by atoms with Crippen LogP contribution in [0.15, 0.2) is 42.5 Å². The molecule has 0 aliphatic carbocycles. The highest BCUT2D eigenvalue weighted by Crippen LogP contribution is 2.41. The van der Waals surface area contributed by atoms with Gasteiger partial charge in [-0.25, -0.2) is 0 Å². The smallest absolute Gasteiger partial charge is 0.365 e.